The van der Waals surface area contributed by atoms with E-state index in [0.29, 0.717) is 33.5 Å². The Labute approximate surface area is 328 Å². The number of hydrogen-bond donors (Lipinski definition) is 0. The van der Waals surface area contributed by atoms with E-state index in [1.54, 1.807) is 4.57 Å². The summed E-state index contributed by atoms with van der Waals surface area (Å²) in [4.78, 5) is 15.6. The Morgan fingerprint density at radius 3 is 1.71 bits per heavy atom. The van der Waals surface area contributed by atoms with Gasteiger partial charge in [0.15, 0.2) is 11.6 Å². The van der Waals surface area contributed by atoms with Gasteiger partial charge in [0.05, 0.1) is 16.5 Å². The zero-order valence-electron chi connectivity index (χ0n) is 33.9. The lowest BCUT2D eigenvalue weighted by molar-refractivity contribution is 0.669. The summed E-state index contributed by atoms with van der Waals surface area (Å²) in [6.45, 7) is 0. The van der Waals surface area contributed by atoms with Crippen LogP contribution in [0.3, 0.4) is 0 Å². The number of rotatable bonds is 6. The van der Waals surface area contributed by atoms with Crippen molar-refractivity contribution < 1.29 is 9.90 Å². The van der Waals surface area contributed by atoms with Crippen LogP contribution in [0.1, 0.15) is 5.48 Å². The standard InChI is InChI=1S/C51H32N4O/c1-3-13-33(14-4-1)35-25-29-37(30-26-35)39-19-11-20-41-40-17-7-9-22-44(40)55(48(39)41)51-53-49(38-31-27-36(28-32-38)34-15-5-2-6-16-34)52-50(54-51)43-21-12-24-46-47(43)42-18-8-10-23-45(42)56-46/h1-32H/i7D,9D,17D,22D. The fourth-order valence-corrected chi connectivity index (χ4v) is 7.79. The molecule has 0 aliphatic carbocycles. The summed E-state index contributed by atoms with van der Waals surface area (Å²) >= 11 is 0. The number of para-hydroxylation sites is 3. The van der Waals surface area contributed by atoms with E-state index in [4.69, 9.17) is 22.1 Å². The zero-order valence-corrected chi connectivity index (χ0v) is 29.9. The Kier molecular flexibility index (Phi) is 6.50. The second-order valence-corrected chi connectivity index (χ2v) is 13.7. The minimum absolute atomic E-state index is 0.132. The lowest BCUT2D eigenvalue weighted by Crippen LogP contribution is -2.07. The van der Waals surface area contributed by atoms with Gasteiger partial charge in [-0.15, -0.1) is 0 Å². The van der Waals surface area contributed by atoms with Gasteiger partial charge in [0, 0.05) is 38.2 Å². The molecule has 3 aromatic heterocycles. The Morgan fingerprint density at radius 1 is 0.411 bits per heavy atom. The zero-order chi connectivity index (χ0) is 40.5. The maximum atomic E-state index is 9.37. The number of aromatic nitrogens is 4. The van der Waals surface area contributed by atoms with Gasteiger partial charge >= 0.3 is 0 Å². The van der Waals surface area contributed by atoms with Crippen LogP contribution in [0.15, 0.2) is 198 Å². The van der Waals surface area contributed by atoms with Crippen molar-refractivity contribution in [2.45, 2.75) is 0 Å². The molecule has 11 rings (SSSR count). The molecule has 0 radical (unpaired) electrons. The summed E-state index contributed by atoms with van der Waals surface area (Å²) in [6.07, 6.45) is 0. The SMILES string of the molecule is [2H]c1c([2H])c([2H])c2c(c1[2H])c1cccc(-c3ccc(-c4ccccc4)cc3)c1n2-c1nc(-c2ccc(-c3ccccc3)cc2)nc(-c2cccc3oc4ccccc4c23)n1. The first-order chi connectivity index (χ1) is 29.4. The average Bonchev–Trinajstić information content (AvgIpc) is 3.88. The van der Waals surface area contributed by atoms with Crippen LogP contribution in [-0.4, -0.2) is 19.5 Å². The fraction of sp³-hybridized carbons (Fsp3) is 0. The van der Waals surface area contributed by atoms with E-state index in [2.05, 4.69) is 48.5 Å². The van der Waals surface area contributed by atoms with Crippen LogP contribution in [0.5, 0.6) is 0 Å². The molecule has 5 heteroatoms. The first-order valence-corrected chi connectivity index (χ1v) is 18.5. The summed E-state index contributed by atoms with van der Waals surface area (Å²) in [6, 6.07) is 55.3. The number of nitrogens with zero attached hydrogens (tertiary/aromatic N) is 4. The molecule has 0 bridgehead atoms. The Hall–Kier alpha value is -7.63. The van der Waals surface area contributed by atoms with Crippen LogP contribution < -0.4 is 0 Å². The van der Waals surface area contributed by atoms with Crippen molar-refractivity contribution in [3.8, 4) is 62.1 Å². The molecule has 0 fully saturated rings. The second kappa shape index (κ2) is 13.0. The fourth-order valence-electron chi connectivity index (χ4n) is 7.79. The molecule has 56 heavy (non-hydrogen) atoms. The normalized spacial score (nSPS) is 12.6. The van der Waals surface area contributed by atoms with Gasteiger partial charge in [-0.05, 0) is 46.0 Å². The van der Waals surface area contributed by atoms with Gasteiger partial charge in [-0.3, -0.25) is 4.57 Å². The monoisotopic (exact) mass is 720 g/mol. The van der Waals surface area contributed by atoms with Crippen molar-refractivity contribution in [2.24, 2.45) is 0 Å². The van der Waals surface area contributed by atoms with E-state index in [0.717, 1.165) is 60.9 Å². The molecule has 3 heterocycles. The van der Waals surface area contributed by atoms with Crippen molar-refractivity contribution >= 4 is 43.7 Å². The van der Waals surface area contributed by atoms with Crippen molar-refractivity contribution in [1.82, 2.24) is 19.5 Å². The molecule has 0 aliphatic heterocycles. The Morgan fingerprint density at radius 2 is 0.964 bits per heavy atom. The second-order valence-electron chi connectivity index (χ2n) is 13.7. The molecular weight excluding hydrogens is 685 g/mol. The topological polar surface area (TPSA) is 56.7 Å². The first-order valence-electron chi connectivity index (χ1n) is 20.5. The highest BCUT2D eigenvalue weighted by atomic mass is 16.3. The summed E-state index contributed by atoms with van der Waals surface area (Å²) in [5.41, 5.74) is 9.88. The maximum absolute atomic E-state index is 9.37. The predicted molar refractivity (Wildman–Crippen MR) is 229 cm³/mol. The molecule has 0 saturated heterocycles. The highest BCUT2D eigenvalue weighted by molar-refractivity contribution is 6.14. The first kappa shape index (κ1) is 27.9. The van der Waals surface area contributed by atoms with E-state index in [1.807, 2.05) is 121 Å². The third-order valence-electron chi connectivity index (χ3n) is 10.4. The molecule has 0 spiro atoms. The quantitative estimate of drug-likeness (QED) is 0.172. The lowest BCUT2D eigenvalue weighted by atomic mass is 9.98. The molecule has 8 aromatic carbocycles. The van der Waals surface area contributed by atoms with E-state index in [9.17, 15) is 2.74 Å². The van der Waals surface area contributed by atoms with Crippen LogP contribution in [-0.2, 0) is 0 Å². The number of benzene rings is 8. The van der Waals surface area contributed by atoms with Gasteiger partial charge in [-0.25, -0.2) is 4.98 Å². The smallest absolute Gasteiger partial charge is 0.238 e. The Balaban J connectivity index is 1.22. The van der Waals surface area contributed by atoms with Crippen LogP contribution >= 0.6 is 0 Å². The predicted octanol–water partition coefficient (Wildman–Crippen LogP) is 13.2. The van der Waals surface area contributed by atoms with Gasteiger partial charge in [-0.1, -0.05) is 176 Å². The average molecular weight is 721 g/mol. The largest absolute Gasteiger partial charge is 0.456 e. The molecule has 11 aromatic rings. The number of fused-ring (bicyclic) bond motifs is 6. The van der Waals surface area contributed by atoms with Crippen LogP contribution in [0.4, 0.5) is 0 Å². The van der Waals surface area contributed by atoms with Crippen molar-refractivity contribution in [3.63, 3.8) is 0 Å². The molecule has 0 amide bonds. The summed E-state index contributed by atoms with van der Waals surface area (Å²) in [5.74, 6) is 1.00. The highest BCUT2D eigenvalue weighted by Gasteiger charge is 2.22. The number of hydrogen-bond acceptors (Lipinski definition) is 4. The third-order valence-corrected chi connectivity index (χ3v) is 10.4. The highest BCUT2D eigenvalue weighted by Crippen LogP contribution is 2.40. The molecule has 5 nitrogen and oxygen atoms in total. The van der Waals surface area contributed by atoms with Gasteiger partial charge in [0.1, 0.15) is 11.2 Å². The van der Waals surface area contributed by atoms with Gasteiger partial charge in [0.25, 0.3) is 0 Å². The minimum Gasteiger partial charge on any atom is -0.456 e. The minimum atomic E-state index is -0.342. The van der Waals surface area contributed by atoms with Crippen LogP contribution in [0.2, 0.25) is 0 Å². The summed E-state index contributed by atoms with van der Waals surface area (Å²) in [5, 5.41) is 2.82. The van der Waals surface area contributed by atoms with E-state index in [-0.39, 0.29) is 35.6 Å². The third kappa shape index (κ3) is 5.29. The number of furan rings is 1. The molecule has 0 aliphatic rings. The molecule has 0 atom stereocenters. The van der Waals surface area contributed by atoms with E-state index < -0.39 is 0 Å². The Bertz CT molecular complexity index is 3460. The molecule has 262 valence electrons. The van der Waals surface area contributed by atoms with Gasteiger partial charge < -0.3 is 4.42 Å². The van der Waals surface area contributed by atoms with Crippen LogP contribution in [0, 0.1) is 0 Å². The lowest BCUT2D eigenvalue weighted by Gasteiger charge is -2.14. The van der Waals surface area contributed by atoms with Crippen molar-refractivity contribution in [1.29, 1.82) is 0 Å². The van der Waals surface area contributed by atoms with Gasteiger partial charge in [0.2, 0.25) is 5.95 Å². The van der Waals surface area contributed by atoms with Crippen molar-refractivity contribution in [3.05, 3.63) is 194 Å². The van der Waals surface area contributed by atoms with E-state index in [1.165, 1.54) is 0 Å². The van der Waals surface area contributed by atoms with Gasteiger partial charge in [-0.2, -0.15) is 9.97 Å². The van der Waals surface area contributed by atoms with Crippen LogP contribution in [0.25, 0.3) is 106 Å². The molecule has 0 unspecified atom stereocenters. The summed E-state index contributed by atoms with van der Waals surface area (Å²) < 4.78 is 44.2. The van der Waals surface area contributed by atoms with Crippen molar-refractivity contribution in [2.75, 3.05) is 0 Å². The molecule has 0 saturated carbocycles. The maximum Gasteiger partial charge on any atom is 0.238 e. The molecule has 0 N–H and O–H groups in total. The van der Waals surface area contributed by atoms with E-state index >= 15 is 0 Å². The summed E-state index contributed by atoms with van der Waals surface area (Å²) in [7, 11) is 0. The molecular formula is C51H32N4O.